The first-order chi connectivity index (χ1) is 12.5. The molecular formula is C25H26Cl2Zr. The van der Waals surface area contributed by atoms with Gasteiger partial charge in [0.2, 0.25) is 0 Å². The summed E-state index contributed by atoms with van der Waals surface area (Å²) in [5.74, 6) is 0. The first kappa shape index (κ1) is 22.1. The van der Waals surface area contributed by atoms with Crippen LogP contribution in [0.4, 0.5) is 0 Å². The standard InChI is InChI=1S/C25H26.2ClH.Zr/c1-16-8-9-17(2)23-13-20(12-22(16)23)6-5-7-21-14-24-18(3)10-11-19(4)25(24)15-21;;;/h8-15H,5-7H2,1-4H3;2*1H;/q;;;+2/p-2. The number of allylic oxidation sites excluding steroid dienone is 2. The minimum Gasteiger partial charge on any atom is -1.00 e. The van der Waals surface area contributed by atoms with E-state index < -0.39 is 23.2 Å². The van der Waals surface area contributed by atoms with Crippen LogP contribution in [0.15, 0.2) is 35.4 Å². The molecule has 1 fully saturated rings. The topological polar surface area (TPSA) is 0 Å². The fourth-order valence-corrected chi connectivity index (χ4v) is 10.9. The van der Waals surface area contributed by atoms with E-state index in [4.69, 9.17) is 0 Å². The first-order valence-corrected chi connectivity index (χ1v) is 12.8. The fraction of sp³-hybridized carbons (Fsp3) is 0.360. The third kappa shape index (κ3) is 3.32. The molecule has 3 aliphatic rings. The van der Waals surface area contributed by atoms with Crippen molar-refractivity contribution in [3.8, 4) is 0 Å². The first-order valence-electron chi connectivity index (χ1n) is 9.92. The van der Waals surface area contributed by atoms with Gasteiger partial charge in [-0.3, -0.25) is 0 Å². The van der Waals surface area contributed by atoms with Crippen molar-refractivity contribution in [2.75, 3.05) is 0 Å². The van der Waals surface area contributed by atoms with Crippen LogP contribution in [0.3, 0.4) is 0 Å². The molecule has 144 valence electrons. The summed E-state index contributed by atoms with van der Waals surface area (Å²) in [7, 11) is 0. The van der Waals surface area contributed by atoms with E-state index >= 15 is 0 Å². The summed E-state index contributed by atoms with van der Waals surface area (Å²) >= 11 is -0.672. The number of hydrogen-bond donors (Lipinski definition) is 0. The van der Waals surface area contributed by atoms with Crippen molar-refractivity contribution >= 4 is 12.2 Å². The van der Waals surface area contributed by atoms with Crippen molar-refractivity contribution in [2.45, 2.75) is 54.2 Å². The summed E-state index contributed by atoms with van der Waals surface area (Å²) in [6, 6.07) is 9.36. The van der Waals surface area contributed by atoms with Crippen LogP contribution in [-0.2, 0) is 23.2 Å². The molecule has 0 bridgehead atoms. The largest absolute Gasteiger partial charge is 1.00 e. The molecule has 2 unspecified atom stereocenters. The zero-order valence-corrected chi connectivity index (χ0v) is 21.0. The summed E-state index contributed by atoms with van der Waals surface area (Å²) in [6.45, 7) is 9.26. The van der Waals surface area contributed by atoms with Crippen LogP contribution >= 0.6 is 0 Å². The Kier molecular flexibility index (Phi) is 6.51. The smallest absolute Gasteiger partial charge is 1.00 e. The van der Waals surface area contributed by atoms with Crippen LogP contribution in [0.2, 0.25) is 0 Å². The van der Waals surface area contributed by atoms with Crippen LogP contribution in [0, 0.1) is 27.7 Å². The molecule has 2 aromatic carbocycles. The van der Waals surface area contributed by atoms with E-state index in [-0.39, 0.29) is 24.8 Å². The molecule has 5 rings (SSSR count). The van der Waals surface area contributed by atoms with E-state index in [0.717, 1.165) is 7.25 Å². The number of benzene rings is 2. The number of fused-ring (bicyclic) bond motifs is 6. The van der Waals surface area contributed by atoms with Gasteiger partial charge in [0.15, 0.2) is 0 Å². The molecule has 0 nitrogen and oxygen atoms in total. The van der Waals surface area contributed by atoms with Gasteiger partial charge in [-0.05, 0) is 0 Å². The second-order valence-corrected chi connectivity index (χ2v) is 12.0. The maximum absolute atomic E-state index is 2.58. The molecule has 2 aliphatic carbocycles. The van der Waals surface area contributed by atoms with Gasteiger partial charge in [-0.25, -0.2) is 0 Å². The predicted molar refractivity (Wildman–Crippen MR) is 107 cm³/mol. The Labute approximate surface area is 193 Å². The Bertz CT molecular complexity index is 921. The van der Waals surface area contributed by atoms with E-state index in [1.807, 2.05) is 0 Å². The second-order valence-electron chi connectivity index (χ2n) is 8.38. The minimum atomic E-state index is -0.672. The van der Waals surface area contributed by atoms with Gasteiger partial charge in [0.05, 0.1) is 0 Å². The van der Waals surface area contributed by atoms with Crippen LogP contribution in [-0.4, -0.2) is 0 Å². The molecule has 0 aromatic heterocycles. The van der Waals surface area contributed by atoms with Crippen molar-refractivity contribution in [3.63, 3.8) is 0 Å². The van der Waals surface area contributed by atoms with Crippen molar-refractivity contribution in [1.29, 1.82) is 0 Å². The minimum absolute atomic E-state index is 0. The van der Waals surface area contributed by atoms with E-state index in [1.165, 1.54) is 41.5 Å². The maximum Gasteiger partial charge on any atom is -1.00 e. The molecule has 28 heavy (non-hydrogen) atoms. The van der Waals surface area contributed by atoms with Crippen molar-refractivity contribution in [3.05, 3.63) is 79.9 Å². The van der Waals surface area contributed by atoms with Gasteiger partial charge >= 0.3 is 170 Å². The normalized spacial score (nSPS) is 21.0. The Hall–Kier alpha value is -0.617. The maximum atomic E-state index is 2.58. The quantitative estimate of drug-likeness (QED) is 0.514. The van der Waals surface area contributed by atoms with Gasteiger partial charge in [0.1, 0.15) is 0 Å². The van der Waals surface area contributed by atoms with Crippen LogP contribution in [0.25, 0.3) is 12.2 Å². The molecule has 2 atom stereocenters. The van der Waals surface area contributed by atoms with Crippen molar-refractivity contribution in [2.24, 2.45) is 0 Å². The van der Waals surface area contributed by atoms with Gasteiger partial charge in [-0.15, -0.1) is 0 Å². The van der Waals surface area contributed by atoms with Gasteiger partial charge in [-0.2, -0.15) is 0 Å². The second kappa shape index (κ2) is 8.25. The Morgan fingerprint density at radius 1 is 0.643 bits per heavy atom. The molecule has 0 spiro atoms. The van der Waals surface area contributed by atoms with Crippen molar-refractivity contribution in [1.82, 2.24) is 0 Å². The van der Waals surface area contributed by atoms with Gasteiger partial charge in [0.25, 0.3) is 0 Å². The Morgan fingerprint density at radius 2 is 1.04 bits per heavy atom. The summed E-state index contributed by atoms with van der Waals surface area (Å²) < 4.78 is 1.57. The van der Waals surface area contributed by atoms with Crippen LogP contribution < -0.4 is 24.8 Å². The zero-order valence-electron chi connectivity index (χ0n) is 17.0. The number of rotatable bonds is 0. The number of hydrogen-bond acceptors (Lipinski definition) is 0. The molecule has 1 heterocycles. The fourth-order valence-electron chi connectivity index (χ4n) is 5.24. The monoisotopic (exact) mass is 486 g/mol. The summed E-state index contributed by atoms with van der Waals surface area (Å²) in [4.78, 5) is 0. The molecule has 3 heteroatoms. The van der Waals surface area contributed by atoms with Gasteiger partial charge < -0.3 is 24.8 Å². The molecular weight excluding hydrogens is 462 g/mol. The van der Waals surface area contributed by atoms with Crippen LogP contribution in [0.1, 0.15) is 71.0 Å². The van der Waals surface area contributed by atoms with E-state index in [1.54, 1.807) is 33.4 Å². The summed E-state index contributed by atoms with van der Waals surface area (Å²) in [5.41, 5.74) is 16.1. The molecule has 2 aromatic rings. The number of halogens is 2. The molecule has 0 radical (unpaired) electrons. The van der Waals surface area contributed by atoms with Gasteiger partial charge in [-0.1, -0.05) is 0 Å². The zero-order chi connectivity index (χ0) is 18.0. The van der Waals surface area contributed by atoms with Crippen molar-refractivity contribution < 1.29 is 48.0 Å². The average Bonchev–Trinajstić information content (AvgIpc) is 3.14. The summed E-state index contributed by atoms with van der Waals surface area (Å²) in [5, 5.41) is 0. The third-order valence-corrected chi connectivity index (χ3v) is 11.6. The SMILES string of the molecule is Cc1ccc(C)c2c1C=C1CCCC3=Cc4c(C)ccc(C)c4[CH]3[Zr+2][CH]12.[Cl-].[Cl-]. The molecule has 0 N–H and O–H groups in total. The van der Waals surface area contributed by atoms with E-state index in [0.29, 0.717) is 0 Å². The van der Waals surface area contributed by atoms with E-state index in [2.05, 4.69) is 64.1 Å². The molecule has 1 saturated heterocycles. The van der Waals surface area contributed by atoms with Crippen LogP contribution in [0.5, 0.6) is 0 Å². The average molecular weight is 489 g/mol. The predicted octanol–water partition coefficient (Wildman–Crippen LogP) is 0.771. The van der Waals surface area contributed by atoms with Gasteiger partial charge in [0, 0.05) is 0 Å². The summed E-state index contributed by atoms with van der Waals surface area (Å²) in [6.07, 6.45) is 9.09. The Morgan fingerprint density at radius 3 is 1.46 bits per heavy atom. The third-order valence-electron chi connectivity index (χ3n) is 6.69. The Balaban J connectivity index is 0.00000112. The molecule has 0 saturated carbocycles. The molecule has 0 amide bonds. The molecule has 1 aliphatic heterocycles. The number of aryl methyl sites for hydroxylation is 4. The van der Waals surface area contributed by atoms with E-state index in [9.17, 15) is 0 Å².